The maximum Gasteiger partial charge on any atom is 0.460 e. The smallest absolute Gasteiger partial charge is 0.460 e. The van der Waals surface area contributed by atoms with Crippen molar-refractivity contribution in [2.24, 2.45) is 0 Å². The Morgan fingerprint density at radius 3 is 0.895 bits per heavy atom. The number of rotatable bonds is 12. The summed E-state index contributed by atoms with van der Waals surface area (Å²) in [4.78, 5) is 22.2. The van der Waals surface area contributed by atoms with Gasteiger partial charge in [0.1, 0.15) is 0 Å². The highest BCUT2D eigenvalue weighted by molar-refractivity contribution is 5.91. The molecule has 22 heteroatoms. The minimum absolute atomic E-state index is 0.187. The molecule has 4 nitrogen and oxygen atoms in total. The first kappa shape index (κ1) is 35.4. The van der Waals surface area contributed by atoms with E-state index in [0.717, 1.165) is 0 Å². The third kappa shape index (κ3) is 7.08. The quantitative estimate of drug-likeness (QED) is 0.147. The largest absolute Gasteiger partial charge is 0.462 e. The second kappa shape index (κ2) is 10.9. The molecule has 0 aliphatic carbocycles. The van der Waals surface area contributed by atoms with Crippen LogP contribution in [0.4, 0.5) is 79.0 Å². The topological polar surface area (TPSA) is 52.6 Å². The average molecular weight is 608 g/mol. The Kier molecular flexibility index (Phi) is 10.1. The summed E-state index contributed by atoms with van der Waals surface area (Å²) < 4.78 is 235. The van der Waals surface area contributed by atoms with Crippen molar-refractivity contribution in [1.82, 2.24) is 0 Å². The molecule has 224 valence electrons. The molecule has 0 aromatic rings. The van der Waals surface area contributed by atoms with Gasteiger partial charge in [-0.1, -0.05) is 0 Å². The summed E-state index contributed by atoms with van der Waals surface area (Å²) in [6.07, 6.45) is -19.8. The lowest BCUT2D eigenvalue weighted by molar-refractivity contribution is -0.397. The zero-order chi connectivity index (χ0) is 30.8. The van der Waals surface area contributed by atoms with Crippen LogP contribution in [0, 0.1) is 0 Å². The number of alkyl halides is 18. The van der Waals surface area contributed by atoms with Crippen molar-refractivity contribution >= 4 is 11.9 Å². The Morgan fingerprint density at radius 2 is 0.684 bits per heavy atom. The fraction of sp³-hybridized carbons (Fsp3) is 0.750. The molecule has 0 aliphatic rings. The summed E-state index contributed by atoms with van der Waals surface area (Å²) in [5, 5.41) is 0. The summed E-state index contributed by atoms with van der Waals surface area (Å²) in [7, 11) is 0. The first-order chi connectivity index (χ1) is 16.5. The fourth-order valence-electron chi connectivity index (χ4n) is 1.92. The Hall–Kier alpha value is -2.58. The first-order valence-electron chi connectivity index (χ1n) is 8.91. The maximum absolute atomic E-state index is 13.2. The number of ether oxygens (including phenoxy) is 2. The van der Waals surface area contributed by atoms with Crippen molar-refractivity contribution < 1.29 is 98.1 Å². The lowest BCUT2D eigenvalue weighted by atomic mass is 10.0. The van der Waals surface area contributed by atoms with Gasteiger partial charge in [-0.15, -0.1) is 0 Å². The Morgan fingerprint density at radius 1 is 0.447 bits per heavy atom. The van der Waals surface area contributed by atoms with E-state index in [1.807, 2.05) is 0 Å². The van der Waals surface area contributed by atoms with E-state index < -0.39 is 85.9 Å². The average Bonchev–Trinajstić information content (AvgIpc) is 2.69. The molecule has 0 N–H and O–H groups in total. The van der Waals surface area contributed by atoms with Gasteiger partial charge < -0.3 is 9.47 Å². The molecule has 0 saturated heterocycles. The molecule has 0 fully saturated rings. The van der Waals surface area contributed by atoms with Crippen LogP contribution in [0.5, 0.6) is 0 Å². The van der Waals surface area contributed by atoms with Crippen LogP contribution in [0.25, 0.3) is 0 Å². The van der Waals surface area contributed by atoms with E-state index in [1.165, 1.54) is 0 Å². The van der Waals surface area contributed by atoms with Gasteiger partial charge in [0.15, 0.2) is 0 Å². The molecule has 0 amide bonds. The van der Waals surface area contributed by atoms with E-state index in [2.05, 4.69) is 9.47 Å². The number of esters is 2. The van der Waals surface area contributed by atoms with Gasteiger partial charge in [-0.05, 0) is 0 Å². The highest BCUT2D eigenvalue weighted by Gasteiger charge is 2.82. The number of hydrogen-bond acceptors (Lipinski definition) is 4. The van der Waals surface area contributed by atoms with Gasteiger partial charge in [-0.25, -0.2) is 9.59 Å². The van der Waals surface area contributed by atoms with Crippen molar-refractivity contribution in [3.63, 3.8) is 0 Å². The summed E-state index contributed by atoms with van der Waals surface area (Å²) in [6, 6.07) is 0. The molecule has 0 aliphatic heterocycles. The number of carbonyl (C=O) groups excluding carboxylic acids is 2. The predicted molar refractivity (Wildman–Crippen MR) is 82.1 cm³/mol. The van der Waals surface area contributed by atoms with Crippen molar-refractivity contribution in [2.45, 2.75) is 60.7 Å². The summed E-state index contributed by atoms with van der Waals surface area (Å²) in [5.41, 5.74) is 0. The van der Waals surface area contributed by atoms with Crippen LogP contribution >= 0.6 is 0 Å². The van der Waals surface area contributed by atoms with E-state index in [4.69, 9.17) is 0 Å². The van der Waals surface area contributed by atoms with Gasteiger partial charge in [-0.2, -0.15) is 79.0 Å². The van der Waals surface area contributed by atoms with Gasteiger partial charge in [-0.3, -0.25) is 0 Å². The monoisotopic (exact) mass is 608 g/mol. The number of hydrogen-bond donors (Lipinski definition) is 0. The lowest BCUT2D eigenvalue weighted by Gasteiger charge is -2.33. The zero-order valence-electron chi connectivity index (χ0n) is 17.4. The molecule has 0 radical (unpaired) electrons. The first-order valence-corrected chi connectivity index (χ1v) is 8.91. The minimum atomic E-state index is -7.22. The molecule has 0 aromatic carbocycles. The van der Waals surface area contributed by atoms with Crippen molar-refractivity contribution in [2.75, 3.05) is 13.2 Å². The molecule has 0 bridgehead atoms. The van der Waals surface area contributed by atoms with Gasteiger partial charge >= 0.3 is 59.8 Å². The van der Waals surface area contributed by atoms with Crippen molar-refractivity contribution in [3.8, 4) is 0 Å². The SMILES string of the molecule is O=C(/C=C\C(=O)OCCC(F)(F)C(F)(F)C(F)(F)C(F)(F)F)OCCC(F)(F)C(F)(F)C(F)(F)C(F)(F)F. The van der Waals surface area contributed by atoms with Crippen LogP contribution < -0.4 is 0 Å². The molecule has 0 saturated carbocycles. The van der Waals surface area contributed by atoms with Gasteiger partial charge in [0, 0.05) is 12.2 Å². The number of halogens is 18. The third-order valence-electron chi connectivity index (χ3n) is 4.10. The molecular formula is C16H10F18O4. The third-order valence-corrected chi connectivity index (χ3v) is 4.10. The second-order valence-electron chi connectivity index (χ2n) is 6.87. The summed E-state index contributed by atoms with van der Waals surface area (Å²) in [5.74, 6) is -44.7. The second-order valence-corrected chi connectivity index (χ2v) is 6.87. The lowest BCUT2D eigenvalue weighted by Crippen LogP contribution is -2.61. The van der Waals surface area contributed by atoms with Gasteiger partial charge in [0.25, 0.3) is 0 Å². The highest BCUT2D eigenvalue weighted by Crippen LogP contribution is 2.55. The molecule has 0 heterocycles. The van der Waals surface area contributed by atoms with E-state index in [9.17, 15) is 88.6 Å². The standard InChI is InChI=1S/C16H10F18O4/c17-9(18,11(21,22)13(25,26)15(29,30)31)3-5-37-7(35)1-2-8(36)38-6-4-10(19,20)12(23,24)14(27,28)16(32,33)34/h1-2H,3-6H2/b2-1-. The molecule has 38 heavy (non-hydrogen) atoms. The predicted octanol–water partition coefficient (Wildman–Crippen LogP) is 6.35. The minimum Gasteiger partial charge on any atom is -0.462 e. The molecule has 0 rings (SSSR count). The van der Waals surface area contributed by atoms with Crippen LogP contribution in [0.2, 0.25) is 0 Å². The van der Waals surface area contributed by atoms with Gasteiger partial charge in [0.2, 0.25) is 0 Å². The van der Waals surface area contributed by atoms with E-state index in [0.29, 0.717) is 0 Å². The fourth-order valence-corrected chi connectivity index (χ4v) is 1.92. The molecule has 0 aromatic heterocycles. The van der Waals surface area contributed by atoms with Crippen molar-refractivity contribution in [3.05, 3.63) is 12.2 Å². The van der Waals surface area contributed by atoms with E-state index in [1.54, 1.807) is 0 Å². The zero-order valence-corrected chi connectivity index (χ0v) is 17.4. The van der Waals surface area contributed by atoms with Crippen LogP contribution in [0.1, 0.15) is 12.8 Å². The normalized spacial score (nSPS) is 15.1. The summed E-state index contributed by atoms with van der Waals surface area (Å²) >= 11 is 0. The van der Waals surface area contributed by atoms with Crippen LogP contribution in [0.3, 0.4) is 0 Å². The van der Waals surface area contributed by atoms with E-state index in [-0.39, 0.29) is 12.2 Å². The van der Waals surface area contributed by atoms with Crippen LogP contribution in [0.15, 0.2) is 12.2 Å². The van der Waals surface area contributed by atoms with Crippen LogP contribution in [-0.2, 0) is 19.1 Å². The Labute approximate surface area is 197 Å². The van der Waals surface area contributed by atoms with Crippen molar-refractivity contribution in [1.29, 1.82) is 0 Å². The highest BCUT2D eigenvalue weighted by atomic mass is 19.4. The van der Waals surface area contributed by atoms with Crippen LogP contribution in [-0.4, -0.2) is 73.0 Å². The molecule has 0 atom stereocenters. The Bertz CT molecular complexity index is 801. The molecule has 0 spiro atoms. The summed E-state index contributed by atoms with van der Waals surface area (Å²) in [6.45, 7) is -3.94. The maximum atomic E-state index is 13.2. The molecular weight excluding hydrogens is 598 g/mol. The number of carbonyl (C=O) groups is 2. The molecule has 0 unspecified atom stereocenters. The van der Waals surface area contributed by atoms with E-state index >= 15 is 0 Å². The van der Waals surface area contributed by atoms with Gasteiger partial charge in [0.05, 0.1) is 26.1 Å². The Balaban J connectivity index is 4.94.